The van der Waals surface area contributed by atoms with E-state index < -0.39 is 11.7 Å². The number of benzene rings is 2. The third-order valence-electron chi connectivity index (χ3n) is 4.00. The second kappa shape index (κ2) is 13.1. The van der Waals surface area contributed by atoms with Crippen LogP contribution in [0.5, 0.6) is 0 Å². The van der Waals surface area contributed by atoms with Crippen LogP contribution in [0.3, 0.4) is 0 Å². The quantitative estimate of drug-likeness (QED) is 0.272. The van der Waals surface area contributed by atoms with Gasteiger partial charge in [0.05, 0.1) is 12.1 Å². The molecule has 0 saturated heterocycles. The Morgan fingerprint density at radius 3 is 2.33 bits per heavy atom. The minimum atomic E-state index is -4.38. The molecule has 2 aromatic carbocycles. The Balaban J connectivity index is 0.00000450. The van der Waals surface area contributed by atoms with E-state index in [2.05, 4.69) is 20.9 Å². The molecule has 0 fully saturated rings. The summed E-state index contributed by atoms with van der Waals surface area (Å²) < 4.78 is 38.4. The van der Waals surface area contributed by atoms with Crippen LogP contribution in [-0.2, 0) is 24.1 Å². The monoisotopic (exact) mass is 534 g/mol. The average molecular weight is 534 g/mol. The SMILES string of the molecule is CCNC(=NCc1cccc(C(F)(F)F)c1)NCCC(=O)NCc1ccccc1.I. The molecule has 0 bridgehead atoms. The number of nitrogens with zero attached hydrogens (tertiary/aromatic N) is 1. The first-order valence-corrected chi connectivity index (χ1v) is 9.37. The van der Waals surface area contributed by atoms with Crippen LogP contribution in [0.15, 0.2) is 59.6 Å². The first kappa shape index (κ1) is 25.7. The van der Waals surface area contributed by atoms with Gasteiger partial charge in [-0.1, -0.05) is 42.5 Å². The standard InChI is InChI=1S/C21H25F3N4O.HI/c1-2-25-20(28-15-17-9-6-10-18(13-17)21(22,23)24)26-12-11-19(29)27-14-16-7-4-3-5-8-16;/h3-10,13H,2,11-12,14-15H2,1H3,(H,27,29)(H2,25,26,28);1H. The molecule has 0 aliphatic carbocycles. The van der Waals surface area contributed by atoms with E-state index in [-0.39, 0.29) is 42.8 Å². The van der Waals surface area contributed by atoms with Gasteiger partial charge in [0.25, 0.3) is 0 Å². The van der Waals surface area contributed by atoms with E-state index in [0.717, 1.165) is 17.7 Å². The summed E-state index contributed by atoms with van der Waals surface area (Å²) in [4.78, 5) is 16.2. The van der Waals surface area contributed by atoms with Crippen molar-refractivity contribution in [1.29, 1.82) is 0 Å². The highest BCUT2D eigenvalue weighted by Gasteiger charge is 2.30. The van der Waals surface area contributed by atoms with Crippen molar-refractivity contribution in [3.8, 4) is 0 Å². The summed E-state index contributed by atoms with van der Waals surface area (Å²) in [5.74, 6) is 0.343. The Morgan fingerprint density at radius 1 is 0.967 bits per heavy atom. The summed E-state index contributed by atoms with van der Waals surface area (Å²) in [5, 5.41) is 8.87. The maximum atomic E-state index is 12.8. The molecule has 1 amide bonds. The second-order valence-corrected chi connectivity index (χ2v) is 6.33. The molecule has 0 aliphatic rings. The summed E-state index contributed by atoms with van der Waals surface area (Å²) in [6.07, 6.45) is -4.13. The molecule has 0 radical (unpaired) electrons. The van der Waals surface area contributed by atoms with Gasteiger partial charge >= 0.3 is 6.18 Å². The maximum Gasteiger partial charge on any atom is 0.416 e. The molecular formula is C21H26F3IN4O. The van der Waals surface area contributed by atoms with Crippen molar-refractivity contribution in [2.24, 2.45) is 4.99 Å². The van der Waals surface area contributed by atoms with E-state index in [9.17, 15) is 18.0 Å². The number of aliphatic imine (C=N–C) groups is 1. The Labute approximate surface area is 191 Å². The van der Waals surface area contributed by atoms with E-state index in [4.69, 9.17) is 0 Å². The number of halogens is 4. The van der Waals surface area contributed by atoms with Crippen LogP contribution in [0.1, 0.15) is 30.0 Å². The minimum Gasteiger partial charge on any atom is -0.357 e. The highest BCUT2D eigenvalue weighted by Crippen LogP contribution is 2.29. The number of nitrogens with one attached hydrogen (secondary N) is 3. The van der Waals surface area contributed by atoms with Gasteiger partial charge in [-0.2, -0.15) is 13.2 Å². The lowest BCUT2D eigenvalue weighted by Crippen LogP contribution is -2.39. The van der Waals surface area contributed by atoms with Gasteiger partial charge in [0.15, 0.2) is 5.96 Å². The van der Waals surface area contributed by atoms with Crippen molar-refractivity contribution >= 4 is 35.8 Å². The molecule has 9 heteroatoms. The number of carbonyl (C=O) groups is 1. The zero-order valence-corrected chi connectivity index (χ0v) is 19.0. The molecule has 0 atom stereocenters. The number of carbonyl (C=O) groups excluding carboxylic acids is 1. The molecule has 2 rings (SSSR count). The largest absolute Gasteiger partial charge is 0.416 e. The molecule has 0 aliphatic heterocycles. The van der Waals surface area contributed by atoms with Gasteiger partial charge in [0.1, 0.15) is 0 Å². The normalized spacial score (nSPS) is 11.4. The Bertz CT molecular complexity index is 813. The molecule has 0 heterocycles. The molecule has 3 N–H and O–H groups in total. The van der Waals surface area contributed by atoms with Crippen LogP contribution >= 0.6 is 24.0 Å². The Morgan fingerprint density at radius 2 is 1.67 bits per heavy atom. The van der Waals surface area contributed by atoms with Crippen molar-refractivity contribution in [2.45, 2.75) is 32.6 Å². The predicted molar refractivity (Wildman–Crippen MR) is 123 cm³/mol. The van der Waals surface area contributed by atoms with Gasteiger partial charge in [-0.05, 0) is 30.2 Å². The highest BCUT2D eigenvalue weighted by atomic mass is 127. The van der Waals surface area contributed by atoms with E-state index in [1.54, 1.807) is 6.07 Å². The zero-order valence-electron chi connectivity index (χ0n) is 16.6. The van der Waals surface area contributed by atoms with Crippen LogP contribution in [0, 0.1) is 0 Å². The average Bonchev–Trinajstić information content (AvgIpc) is 2.71. The molecule has 30 heavy (non-hydrogen) atoms. The lowest BCUT2D eigenvalue weighted by molar-refractivity contribution is -0.137. The summed E-state index contributed by atoms with van der Waals surface area (Å²) in [7, 11) is 0. The van der Waals surface area contributed by atoms with Crippen LogP contribution in [0.25, 0.3) is 0 Å². The highest BCUT2D eigenvalue weighted by molar-refractivity contribution is 14.0. The lowest BCUT2D eigenvalue weighted by Gasteiger charge is -2.12. The first-order chi connectivity index (χ1) is 13.9. The topological polar surface area (TPSA) is 65.5 Å². The molecule has 164 valence electrons. The first-order valence-electron chi connectivity index (χ1n) is 9.37. The van der Waals surface area contributed by atoms with Crippen molar-refractivity contribution in [3.05, 3.63) is 71.3 Å². The van der Waals surface area contributed by atoms with Gasteiger partial charge in [-0.3, -0.25) is 4.79 Å². The van der Waals surface area contributed by atoms with Crippen molar-refractivity contribution in [3.63, 3.8) is 0 Å². The summed E-state index contributed by atoms with van der Waals surface area (Å²) in [6.45, 7) is 3.39. The van der Waals surface area contributed by atoms with E-state index in [0.29, 0.717) is 31.2 Å². The summed E-state index contributed by atoms with van der Waals surface area (Å²) >= 11 is 0. The molecule has 5 nitrogen and oxygen atoms in total. The molecule has 0 aromatic heterocycles. The fourth-order valence-corrected chi connectivity index (χ4v) is 2.54. The Hall–Kier alpha value is -2.30. The third kappa shape index (κ3) is 9.47. The van der Waals surface area contributed by atoms with Crippen LogP contribution in [0.2, 0.25) is 0 Å². The van der Waals surface area contributed by atoms with E-state index in [1.807, 2.05) is 37.3 Å². The minimum absolute atomic E-state index is 0. The van der Waals surface area contributed by atoms with Crippen LogP contribution in [-0.4, -0.2) is 25.0 Å². The smallest absolute Gasteiger partial charge is 0.357 e. The maximum absolute atomic E-state index is 12.8. The number of guanidine groups is 1. The predicted octanol–water partition coefficient (Wildman–Crippen LogP) is 4.09. The second-order valence-electron chi connectivity index (χ2n) is 6.33. The molecule has 2 aromatic rings. The van der Waals surface area contributed by atoms with Gasteiger partial charge in [0, 0.05) is 26.1 Å². The zero-order chi connectivity index (χ0) is 21.1. The Kier molecular flexibility index (Phi) is 11.2. The van der Waals surface area contributed by atoms with Crippen LogP contribution < -0.4 is 16.0 Å². The third-order valence-corrected chi connectivity index (χ3v) is 4.00. The summed E-state index contributed by atoms with van der Waals surface area (Å²) in [5.41, 5.74) is 0.778. The summed E-state index contributed by atoms with van der Waals surface area (Å²) in [6, 6.07) is 14.7. The fourth-order valence-electron chi connectivity index (χ4n) is 2.54. The van der Waals surface area contributed by atoms with Gasteiger partial charge in [-0.25, -0.2) is 4.99 Å². The number of hydrogen-bond acceptors (Lipinski definition) is 2. The molecule has 0 unspecified atom stereocenters. The number of amides is 1. The van der Waals surface area contributed by atoms with Gasteiger partial charge in [0.2, 0.25) is 5.91 Å². The van der Waals surface area contributed by atoms with Crippen molar-refractivity contribution in [2.75, 3.05) is 13.1 Å². The number of hydrogen-bond donors (Lipinski definition) is 3. The van der Waals surface area contributed by atoms with E-state index >= 15 is 0 Å². The number of rotatable bonds is 8. The van der Waals surface area contributed by atoms with Crippen molar-refractivity contribution < 1.29 is 18.0 Å². The number of alkyl halides is 3. The van der Waals surface area contributed by atoms with Gasteiger partial charge < -0.3 is 16.0 Å². The van der Waals surface area contributed by atoms with Crippen LogP contribution in [0.4, 0.5) is 13.2 Å². The molecule has 0 saturated carbocycles. The van der Waals surface area contributed by atoms with Gasteiger partial charge in [-0.15, -0.1) is 24.0 Å². The molecular weight excluding hydrogens is 508 g/mol. The lowest BCUT2D eigenvalue weighted by atomic mass is 10.1. The fraction of sp³-hybridized carbons (Fsp3) is 0.333. The van der Waals surface area contributed by atoms with Crippen molar-refractivity contribution in [1.82, 2.24) is 16.0 Å². The molecule has 0 spiro atoms. The van der Waals surface area contributed by atoms with E-state index in [1.165, 1.54) is 6.07 Å².